The van der Waals surface area contributed by atoms with Gasteiger partial charge in [-0.3, -0.25) is 15.2 Å². The molecule has 0 fully saturated rings. The second kappa shape index (κ2) is 7.43. The molecule has 1 atom stereocenters. The predicted molar refractivity (Wildman–Crippen MR) is 97.8 cm³/mol. The Hall–Kier alpha value is -2.82. The third kappa shape index (κ3) is 4.13. The molecule has 0 aliphatic carbocycles. The van der Waals surface area contributed by atoms with E-state index in [0.717, 1.165) is 12.1 Å². The van der Waals surface area contributed by atoms with Crippen LogP contribution in [0.25, 0.3) is 0 Å². The van der Waals surface area contributed by atoms with E-state index in [2.05, 4.69) is 19.9 Å². The molecule has 3 aromatic rings. The highest BCUT2D eigenvalue weighted by Gasteiger charge is 2.31. The van der Waals surface area contributed by atoms with E-state index in [1.54, 1.807) is 37.3 Å². The van der Waals surface area contributed by atoms with Gasteiger partial charge < -0.3 is 0 Å². The van der Waals surface area contributed by atoms with E-state index in [9.17, 15) is 18.5 Å². The van der Waals surface area contributed by atoms with Gasteiger partial charge in [0.25, 0.3) is 5.69 Å². The zero-order valence-corrected chi connectivity index (χ0v) is 15.5. The van der Waals surface area contributed by atoms with Crippen LogP contribution >= 0.6 is 11.6 Å². The van der Waals surface area contributed by atoms with Crippen LogP contribution in [0.3, 0.4) is 0 Å². The van der Waals surface area contributed by atoms with E-state index in [4.69, 9.17) is 11.6 Å². The molecule has 0 spiro atoms. The van der Waals surface area contributed by atoms with Gasteiger partial charge >= 0.3 is 0 Å². The quantitative estimate of drug-likeness (QED) is 0.477. The Morgan fingerprint density at radius 2 is 1.93 bits per heavy atom. The third-order valence-electron chi connectivity index (χ3n) is 3.69. The van der Waals surface area contributed by atoms with Gasteiger partial charge in [0, 0.05) is 11.1 Å². The Kier molecular flexibility index (Phi) is 5.22. The number of rotatable bonds is 6. The second-order valence-electron chi connectivity index (χ2n) is 5.61. The van der Waals surface area contributed by atoms with Gasteiger partial charge in [-0.1, -0.05) is 41.9 Å². The molecular formula is C16H14ClN5O4S. The zero-order chi connectivity index (χ0) is 19.6. The molecule has 0 radical (unpaired) electrons. The van der Waals surface area contributed by atoms with Crippen LogP contribution in [-0.4, -0.2) is 28.5 Å². The van der Waals surface area contributed by atoms with Gasteiger partial charge in [0.1, 0.15) is 11.9 Å². The zero-order valence-electron chi connectivity index (χ0n) is 14.0. The van der Waals surface area contributed by atoms with Crippen LogP contribution in [0.2, 0.25) is 5.02 Å². The Bertz CT molecular complexity index is 1090. The molecular weight excluding hydrogens is 394 g/mol. The lowest BCUT2D eigenvalue weighted by Gasteiger charge is -2.16. The number of halogens is 1. The van der Waals surface area contributed by atoms with Gasteiger partial charge in [-0.15, -0.1) is 0 Å². The minimum atomic E-state index is -4.28. The van der Waals surface area contributed by atoms with E-state index in [1.165, 1.54) is 6.07 Å². The van der Waals surface area contributed by atoms with E-state index >= 15 is 0 Å². The number of hydrogen-bond donors (Lipinski definition) is 2. The fourth-order valence-corrected chi connectivity index (χ4v) is 3.98. The number of nitro benzene ring substituents is 1. The van der Waals surface area contributed by atoms with Crippen molar-refractivity contribution >= 4 is 27.3 Å². The predicted octanol–water partition coefficient (Wildman–Crippen LogP) is 2.74. The lowest BCUT2D eigenvalue weighted by atomic mass is 10.1. The standard InChI is InChI=1S/C16H14ClN5O4S/c1-10-18-16(20-19-10)15(11-5-3-2-4-6-11)21-27(25,26)14-8-7-12(17)9-13(14)22(23)24/h2-9,15,21H,1H3,(H,18,19,20). The number of nitro groups is 1. The van der Waals surface area contributed by atoms with E-state index in [0.29, 0.717) is 11.4 Å². The highest BCUT2D eigenvalue weighted by Crippen LogP contribution is 2.29. The van der Waals surface area contributed by atoms with Gasteiger partial charge in [-0.25, -0.2) is 13.4 Å². The van der Waals surface area contributed by atoms with Crippen molar-refractivity contribution < 1.29 is 13.3 Å². The Labute approximate surface area is 159 Å². The molecule has 0 saturated heterocycles. The van der Waals surface area contributed by atoms with Crippen LogP contribution < -0.4 is 4.72 Å². The van der Waals surface area contributed by atoms with Crippen molar-refractivity contribution in [3.63, 3.8) is 0 Å². The Morgan fingerprint density at radius 3 is 2.52 bits per heavy atom. The fraction of sp³-hybridized carbons (Fsp3) is 0.125. The summed E-state index contributed by atoms with van der Waals surface area (Å²) in [5.74, 6) is 0.696. The van der Waals surface area contributed by atoms with Crippen LogP contribution in [0.4, 0.5) is 5.69 Å². The maximum absolute atomic E-state index is 12.9. The van der Waals surface area contributed by atoms with Crippen LogP contribution in [-0.2, 0) is 10.0 Å². The van der Waals surface area contributed by atoms with Crippen molar-refractivity contribution in [3.8, 4) is 0 Å². The topological polar surface area (TPSA) is 131 Å². The largest absolute Gasteiger partial charge is 0.290 e. The number of sulfonamides is 1. The SMILES string of the molecule is Cc1nc(C(NS(=O)(=O)c2ccc(Cl)cc2[N+](=O)[O-])c2ccccc2)n[nH]1. The molecule has 140 valence electrons. The minimum absolute atomic E-state index is 0.0600. The minimum Gasteiger partial charge on any atom is -0.263 e. The molecule has 0 saturated carbocycles. The van der Waals surface area contributed by atoms with Gasteiger partial charge in [0.05, 0.1) is 4.92 Å². The van der Waals surface area contributed by atoms with E-state index in [-0.39, 0.29) is 10.8 Å². The van der Waals surface area contributed by atoms with Crippen molar-refractivity contribution in [2.75, 3.05) is 0 Å². The first-order valence-electron chi connectivity index (χ1n) is 7.68. The lowest BCUT2D eigenvalue weighted by Crippen LogP contribution is -2.30. The third-order valence-corrected chi connectivity index (χ3v) is 5.39. The molecule has 0 amide bonds. The van der Waals surface area contributed by atoms with Crippen LogP contribution in [0, 0.1) is 17.0 Å². The number of nitrogens with zero attached hydrogens (tertiary/aromatic N) is 3. The molecule has 1 unspecified atom stereocenters. The summed E-state index contributed by atoms with van der Waals surface area (Å²) in [6.07, 6.45) is 0. The number of aromatic amines is 1. The molecule has 0 aliphatic rings. The number of nitrogens with one attached hydrogen (secondary N) is 2. The van der Waals surface area contributed by atoms with Crippen LogP contribution in [0.5, 0.6) is 0 Å². The van der Waals surface area contributed by atoms with E-state index < -0.39 is 31.6 Å². The van der Waals surface area contributed by atoms with E-state index in [1.807, 2.05) is 0 Å². The van der Waals surface area contributed by atoms with Gasteiger partial charge in [0.15, 0.2) is 10.7 Å². The first kappa shape index (κ1) is 19.0. The molecule has 0 bridgehead atoms. The normalized spacial score (nSPS) is 12.7. The smallest absolute Gasteiger partial charge is 0.263 e. The van der Waals surface area contributed by atoms with Crippen LogP contribution in [0.15, 0.2) is 53.4 Å². The summed E-state index contributed by atoms with van der Waals surface area (Å²) in [6.45, 7) is 1.68. The van der Waals surface area contributed by atoms with Crippen molar-refractivity contribution in [3.05, 3.63) is 80.9 Å². The molecule has 0 aliphatic heterocycles. The average Bonchev–Trinajstić information content (AvgIpc) is 3.06. The molecule has 9 nitrogen and oxygen atoms in total. The van der Waals surface area contributed by atoms with Crippen molar-refractivity contribution in [2.45, 2.75) is 17.9 Å². The average molecular weight is 408 g/mol. The Balaban J connectivity index is 2.07. The maximum Gasteiger partial charge on any atom is 0.290 e. The summed E-state index contributed by atoms with van der Waals surface area (Å²) in [4.78, 5) is 14.2. The molecule has 2 N–H and O–H groups in total. The van der Waals surface area contributed by atoms with Crippen molar-refractivity contribution in [2.24, 2.45) is 0 Å². The molecule has 3 rings (SSSR count). The van der Waals surface area contributed by atoms with Gasteiger partial charge in [0.2, 0.25) is 10.0 Å². The maximum atomic E-state index is 12.9. The highest BCUT2D eigenvalue weighted by atomic mass is 35.5. The molecule has 1 heterocycles. The summed E-state index contributed by atoms with van der Waals surface area (Å²) < 4.78 is 28.3. The second-order valence-corrected chi connectivity index (χ2v) is 7.73. The van der Waals surface area contributed by atoms with Crippen molar-refractivity contribution in [1.82, 2.24) is 19.9 Å². The summed E-state index contributed by atoms with van der Waals surface area (Å²) in [7, 11) is -4.28. The number of H-pyrrole nitrogens is 1. The summed E-state index contributed by atoms with van der Waals surface area (Å²) in [5.41, 5.74) is -0.0373. The molecule has 1 aromatic heterocycles. The number of aryl methyl sites for hydroxylation is 1. The van der Waals surface area contributed by atoms with Crippen LogP contribution in [0.1, 0.15) is 23.3 Å². The number of aromatic nitrogens is 3. The molecule has 27 heavy (non-hydrogen) atoms. The first-order chi connectivity index (χ1) is 12.8. The monoisotopic (exact) mass is 407 g/mol. The van der Waals surface area contributed by atoms with Crippen molar-refractivity contribution in [1.29, 1.82) is 0 Å². The molecule has 2 aromatic carbocycles. The lowest BCUT2D eigenvalue weighted by molar-refractivity contribution is -0.387. The Morgan fingerprint density at radius 1 is 1.22 bits per heavy atom. The number of benzene rings is 2. The summed E-state index contributed by atoms with van der Waals surface area (Å²) in [6, 6.07) is 11.1. The molecule has 11 heteroatoms. The van der Waals surface area contributed by atoms with Gasteiger partial charge in [-0.05, 0) is 24.6 Å². The highest BCUT2D eigenvalue weighted by molar-refractivity contribution is 7.89. The van der Waals surface area contributed by atoms with Gasteiger partial charge in [-0.2, -0.15) is 9.82 Å². The summed E-state index contributed by atoms with van der Waals surface area (Å²) >= 11 is 5.77. The fourth-order valence-electron chi connectivity index (χ4n) is 2.48. The number of hydrogen-bond acceptors (Lipinski definition) is 6. The summed E-state index contributed by atoms with van der Waals surface area (Å²) in [5, 5.41) is 18.0. The first-order valence-corrected chi connectivity index (χ1v) is 9.54.